The van der Waals surface area contributed by atoms with Crippen molar-refractivity contribution in [2.45, 2.75) is 31.1 Å². The molecule has 7 nitrogen and oxygen atoms in total. The van der Waals surface area contributed by atoms with E-state index in [-0.39, 0.29) is 5.96 Å². The third-order valence-corrected chi connectivity index (χ3v) is 9.30. The van der Waals surface area contributed by atoms with E-state index >= 15 is 0 Å². The quantitative estimate of drug-likeness (QED) is 0.729. The number of aromatic nitrogens is 1. The van der Waals surface area contributed by atoms with E-state index in [1.807, 2.05) is 0 Å². The first-order chi connectivity index (χ1) is 12.5. The number of rotatable bonds is 2. The van der Waals surface area contributed by atoms with E-state index in [9.17, 15) is 13.2 Å². The standard InChI is InChI=1S/C17H19BrN4O3S2/c1-16(2)17(3,14-19-12(18)10-26-14)21-15(22(4)27(16,24)25)20-13(23)11-8-6-5-7-9-11/h5-10H,1-4H3,(H,20,21,23). The van der Waals surface area contributed by atoms with Crippen LogP contribution in [0.5, 0.6) is 0 Å². The minimum atomic E-state index is -3.82. The summed E-state index contributed by atoms with van der Waals surface area (Å²) in [5.74, 6) is -0.462. The van der Waals surface area contributed by atoms with Crippen molar-refractivity contribution in [3.05, 3.63) is 50.9 Å². The van der Waals surface area contributed by atoms with Crippen molar-refractivity contribution < 1.29 is 13.2 Å². The lowest BCUT2D eigenvalue weighted by Gasteiger charge is -2.46. The molecule has 0 saturated carbocycles. The fraction of sp³-hybridized carbons (Fsp3) is 0.353. The molecule has 0 bridgehead atoms. The Morgan fingerprint density at radius 1 is 1.22 bits per heavy atom. The number of carbonyl (C=O) groups is 1. The first-order valence-corrected chi connectivity index (χ1v) is 11.2. The van der Waals surface area contributed by atoms with E-state index in [4.69, 9.17) is 0 Å². The predicted molar refractivity (Wildman–Crippen MR) is 109 cm³/mol. The highest BCUT2D eigenvalue weighted by Gasteiger charge is 2.59. The normalized spacial score (nSPS) is 23.6. The van der Waals surface area contributed by atoms with Gasteiger partial charge in [0.25, 0.3) is 5.91 Å². The van der Waals surface area contributed by atoms with Gasteiger partial charge in [-0.1, -0.05) is 18.2 Å². The summed E-state index contributed by atoms with van der Waals surface area (Å²) in [4.78, 5) is 21.6. The minimum Gasteiger partial charge on any atom is -0.292 e. The fourth-order valence-electron chi connectivity index (χ4n) is 2.78. The number of hydrogen-bond donors (Lipinski definition) is 1. The number of benzene rings is 1. The fourth-order valence-corrected chi connectivity index (χ4v) is 6.00. The molecular weight excluding hydrogens is 452 g/mol. The van der Waals surface area contributed by atoms with Gasteiger partial charge in [-0.15, -0.1) is 11.3 Å². The van der Waals surface area contributed by atoms with Crippen molar-refractivity contribution in [1.29, 1.82) is 0 Å². The van der Waals surface area contributed by atoms with Crippen LogP contribution in [-0.4, -0.2) is 41.4 Å². The molecule has 1 aromatic carbocycles. The Hall–Kier alpha value is -1.78. The lowest BCUT2D eigenvalue weighted by Crippen LogP contribution is -2.63. The molecule has 0 spiro atoms. The van der Waals surface area contributed by atoms with Crippen LogP contribution in [0.25, 0.3) is 0 Å². The molecule has 1 aromatic heterocycles. The van der Waals surface area contributed by atoms with Crippen molar-refractivity contribution in [3.8, 4) is 0 Å². The Balaban J connectivity index is 2.11. The number of guanidine groups is 1. The number of nitrogens with zero attached hydrogens (tertiary/aromatic N) is 3. The molecule has 0 aliphatic carbocycles. The molecule has 1 N–H and O–H groups in total. The van der Waals surface area contributed by atoms with Crippen LogP contribution in [-0.2, 0) is 15.6 Å². The molecule has 10 heteroatoms. The molecule has 3 rings (SSSR count). The largest absolute Gasteiger partial charge is 0.292 e. The maximum Gasteiger partial charge on any atom is 0.257 e. The first kappa shape index (κ1) is 20.0. The summed E-state index contributed by atoms with van der Waals surface area (Å²) in [5.41, 5.74) is -0.761. The Morgan fingerprint density at radius 2 is 1.85 bits per heavy atom. The number of nitrogens with one attached hydrogen (secondary N) is 1. The Morgan fingerprint density at radius 3 is 2.41 bits per heavy atom. The summed E-state index contributed by atoms with van der Waals surface area (Å²) in [6, 6.07) is 8.56. The molecular formula is C17H19BrN4O3S2. The molecule has 1 unspecified atom stereocenters. The zero-order chi connectivity index (χ0) is 20.0. The van der Waals surface area contributed by atoms with Crippen molar-refractivity contribution in [3.63, 3.8) is 0 Å². The summed E-state index contributed by atoms with van der Waals surface area (Å²) in [6.07, 6.45) is 0. The molecule has 27 heavy (non-hydrogen) atoms. The first-order valence-electron chi connectivity index (χ1n) is 8.07. The van der Waals surface area contributed by atoms with Crippen molar-refractivity contribution in [2.75, 3.05) is 7.05 Å². The van der Waals surface area contributed by atoms with Crippen LogP contribution < -0.4 is 5.32 Å². The lowest BCUT2D eigenvalue weighted by molar-refractivity contribution is 0.0973. The number of amides is 1. The van der Waals surface area contributed by atoms with E-state index in [2.05, 4.69) is 31.2 Å². The average molecular weight is 471 g/mol. The number of hydrogen-bond acceptors (Lipinski definition) is 6. The summed E-state index contributed by atoms with van der Waals surface area (Å²) in [6.45, 7) is 4.96. The molecule has 1 atom stereocenters. The molecule has 0 radical (unpaired) electrons. The van der Waals surface area contributed by atoms with Crippen molar-refractivity contribution >= 4 is 49.2 Å². The van der Waals surface area contributed by atoms with Crippen molar-refractivity contribution in [2.24, 2.45) is 4.99 Å². The van der Waals surface area contributed by atoms with Crippen LogP contribution in [0, 0.1) is 0 Å². The summed E-state index contributed by atoms with van der Waals surface area (Å²) in [5, 5.41) is 4.95. The third kappa shape index (κ3) is 3.09. The van der Waals surface area contributed by atoms with Gasteiger partial charge >= 0.3 is 0 Å². The van der Waals surface area contributed by atoms with Crippen LogP contribution in [0.2, 0.25) is 0 Å². The van der Waals surface area contributed by atoms with Crippen LogP contribution >= 0.6 is 27.3 Å². The second kappa shape index (κ2) is 6.68. The maximum atomic E-state index is 13.2. The van der Waals surface area contributed by atoms with Gasteiger partial charge in [-0.05, 0) is 48.8 Å². The molecule has 1 aliphatic rings. The van der Waals surface area contributed by atoms with Crippen LogP contribution in [0.3, 0.4) is 0 Å². The Bertz CT molecular complexity index is 1020. The van der Waals surface area contributed by atoms with E-state index in [0.29, 0.717) is 15.2 Å². The van der Waals surface area contributed by atoms with Gasteiger partial charge in [0.05, 0.1) is 0 Å². The van der Waals surface area contributed by atoms with Crippen molar-refractivity contribution in [1.82, 2.24) is 14.6 Å². The number of thiazole rings is 1. The monoisotopic (exact) mass is 470 g/mol. The van der Waals surface area contributed by atoms with E-state index in [0.717, 1.165) is 4.31 Å². The smallest absolute Gasteiger partial charge is 0.257 e. The SMILES string of the molecule is CN1C(NC(=O)c2ccccc2)=NC(C)(c2nc(Br)cs2)C(C)(C)S1(=O)=O. The maximum absolute atomic E-state index is 13.2. The Kier molecular flexibility index (Phi) is 4.94. The van der Waals surface area contributed by atoms with E-state index < -0.39 is 26.2 Å². The number of aliphatic imine (C=N–C) groups is 1. The second-order valence-corrected chi connectivity index (χ2v) is 11.0. The molecule has 1 amide bonds. The second-order valence-electron chi connectivity index (χ2n) is 6.79. The molecule has 2 aromatic rings. The predicted octanol–water partition coefficient (Wildman–Crippen LogP) is 2.96. The molecule has 2 heterocycles. The number of carbonyl (C=O) groups excluding carboxylic acids is 1. The lowest BCUT2D eigenvalue weighted by atomic mass is 9.88. The Labute approximate surface area is 170 Å². The van der Waals surface area contributed by atoms with Gasteiger partial charge in [-0.2, -0.15) is 0 Å². The topological polar surface area (TPSA) is 91.7 Å². The highest BCUT2D eigenvalue weighted by atomic mass is 79.9. The van der Waals surface area contributed by atoms with Crippen LogP contribution in [0.1, 0.15) is 36.1 Å². The number of halogens is 1. The van der Waals surface area contributed by atoms with Gasteiger partial charge in [0.1, 0.15) is 19.9 Å². The zero-order valence-corrected chi connectivity index (χ0v) is 18.4. The minimum absolute atomic E-state index is 0.0306. The summed E-state index contributed by atoms with van der Waals surface area (Å²) >= 11 is 4.62. The molecule has 0 fully saturated rings. The highest BCUT2D eigenvalue weighted by Crippen LogP contribution is 2.46. The van der Waals surface area contributed by atoms with Gasteiger partial charge in [-0.3, -0.25) is 10.1 Å². The zero-order valence-electron chi connectivity index (χ0n) is 15.2. The highest BCUT2D eigenvalue weighted by molar-refractivity contribution is 9.10. The van der Waals surface area contributed by atoms with E-state index in [1.54, 1.807) is 56.5 Å². The summed E-state index contributed by atoms with van der Waals surface area (Å²) in [7, 11) is -2.44. The van der Waals surface area contributed by atoms with Gasteiger partial charge in [0.15, 0.2) is 0 Å². The van der Waals surface area contributed by atoms with Gasteiger partial charge in [-0.25, -0.2) is 22.7 Å². The van der Waals surface area contributed by atoms with Crippen LogP contribution in [0.4, 0.5) is 0 Å². The van der Waals surface area contributed by atoms with E-state index in [1.165, 1.54) is 18.4 Å². The third-order valence-electron chi connectivity index (χ3n) is 4.96. The molecule has 144 valence electrons. The van der Waals surface area contributed by atoms with Crippen LogP contribution in [0.15, 0.2) is 45.3 Å². The van der Waals surface area contributed by atoms with Gasteiger partial charge < -0.3 is 0 Å². The molecule has 0 saturated heterocycles. The summed E-state index contributed by atoms with van der Waals surface area (Å²) < 4.78 is 26.8. The van der Waals surface area contributed by atoms with Gasteiger partial charge in [0.2, 0.25) is 16.0 Å². The van der Waals surface area contributed by atoms with Gasteiger partial charge in [0, 0.05) is 18.0 Å². The number of sulfonamides is 1. The molecule has 1 aliphatic heterocycles. The average Bonchev–Trinajstić information content (AvgIpc) is 3.06.